The molecule has 2 N–H and O–H groups in total. The Labute approximate surface area is 214 Å². The summed E-state index contributed by atoms with van der Waals surface area (Å²) in [6.45, 7) is 4.47. The number of hydrogen-bond acceptors (Lipinski definition) is 3. The SMILES string of the molecule is CCCc1c(CC2(C3CC3)CCCC2(O)CCC2=C(CO)C(C)CC=C2)cnn1-c1ccc(F)cc1. The van der Waals surface area contributed by atoms with Crippen LogP contribution in [0.15, 0.2) is 53.8 Å². The lowest BCUT2D eigenvalue weighted by atomic mass is 9.64. The second kappa shape index (κ2) is 10.3. The van der Waals surface area contributed by atoms with E-state index < -0.39 is 5.60 Å². The third kappa shape index (κ3) is 4.61. The third-order valence-corrected chi connectivity index (χ3v) is 9.31. The molecule has 1 heterocycles. The van der Waals surface area contributed by atoms with Gasteiger partial charge in [0.1, 0.15) is 5.82 Å². The first-order valence-electron chi connectivity index (χ1n) is 13.9. The average molecular weight is 493 g/mol. The van der Waals surface area contributed by atoms with Crippen LogP contribution < -0.4 is 0 Å². The molecule has 2 saturated carbocycles. The Bertz CT molecular complexity index is 1130. The molecule has 0 spiro atoms. The maximum atomic E-state index is 13.6. The molecule has 5 heteroatoms. The van der Waals surface area contributed by atoms with Crippen LogP contribution in [0.1, 0.15) is 82.9 Å². The largest absolute Gasteiger partial charge is 0.392 e. The quantitative estimate of drug-likeness (QED) is 0.399. The van der Waals surface area contributed by atoms with Crippen LogP contribution in [0.4, 0.5) is 4.39 Å². The van der Waals surface area contributed by atoms with Crippen molar-refractivity contribution in [3.05, 3.63) is 70.8 Å². The molecule has 4 nitrogen and oxygen atoms in total. The van der Waals surface area contributed by atoms with Crippen LogP contribution in [-0.2, 0) is 12.8 Å². The van der Waals surface area contributed by atoms with Crippen molar-refractivity contribution in [2.24, 2.45) is 17.3 Å². The number of aliphatic hydroxyl groups excluding tert-OH is 1. The zero-order valence-electron chi connectivity index (χ0n) is 21.8. The van der Waals surface area contributed by atoms with Crippen LogP contribution in [0.2, 0.25) is 0 Å². The fraction of sp³-hybridized carbons (Fsp3) is 0.581. The van der Waals surface area contributed by atoms with Gasteiger partial charge in [0, 0.05) is 11.1 Å². The zero-order chi connectivity index (χ0) is 25.3. The lowest BCUT2D eigenvalue weighted by Gasteiger charge is -2.44. The maximum Gasteiger partial charge on any atom is 0.123 e. The highest BCUT2D eigenvalue weighted by Crippen LogP contribution is 2.62. The van der Waals surface area contributed by atoms with Gasteiger partial charge in [0.15, 0.2) is 0 Å². The predicted octanol–water partition coefficient (Wildman–Crippen LogP) is 6.48. The van der Waals surface area contributed by atoms with Gasteiger partial charge >= 0.3 is 0 Å². The van der Waals surface area contributed by atoms with Crippen molar-refractivity contribution in [1.29, 1.82) is 0 Å². The molecule has 194 valence electrons. The van der Waals surface area contributed by atoms with Gasteiger partial charge in [0.25, 0.3) is 0 Å². The minimum absolute atomic E-state index is 0.107. The maximum absolute atomic E-state index is 13.6. The van der Waals surface area contributed by atoms with E-state index in [4.69, 9.17) is 5.10 Å². The highest BCUT2D eigenvalue weighted by Gasteiger charge is 2.60. The van der Waals surface area contributed by atoms with Gasteiger partial charge in [-0.15, -0.1) is 0 Å². The molecule has 2 fully saturated rings. The van der Waals surface area contributed by atoms with Crippen LogP contribution in [0.3, 0.4) is 0 Å². The van der Waals surface area contributed by atoms with Crippen molar-refractivity contribution in [3.8, 4) is 5.69 Å². The first-order chi connectivity index (χ1) is 17.4. The topological polar surface area (TPSA) is 58.3 Å². The summed E-state index contributed by atoms with van der Waals surface area (Å²) in [6, 6.07) is 6.56. The Kier molecular flexibility index (Phi) is 7.24. The molecule has 0 radical (unpaired) electrons. The van der Waals surface area contributed by atoms with E-state index >= 15 is 0 Å². The second-order valence-corrected chi connectivity index (χ2v) is 11.5. The van der Waals surface area contributed by atoms with E-state index in [9.17, 15) is 14.6 Å². The molecule has 2 aromatic rings. The third-order valence-electron chi connectivity index (χ3n) is 9.31. The predicted molar refractivity (Wildman–Crippen MR) is 141 cm³/mol. The first kappa shape index (κ1) is 25.4. The number of halogens is 1. The van der Waals surface area contributed by atoms with Crippen molar-refractivity contribution < 1.29 is 14.6 Å². The van der Waals surface area contributed by atoms with E-state index in [1.807, 2.05) is 10.9 Å². The summed E-state index contributed by atoms with van der Waals surface area (Å²) in [6.07, 6.45) is 17.0. The molecule has 0 saturated heterocycles. The van der Waals surface area contributed by atoms with Crippen molar-refractivity contribution in [3.63, 3.8) is 0 Å². The van der Waals surface area contributed by atoms with Gasteiger partial charge in [-0.25, -0.2) is 9.07 Å². The van der Waals surface area contributed by atoms with Gasteiger partial charge in [0.2, 0.25) is 0 Å². The number of allylic oxidation sites excluding steroid dienone is 3. The highest BCUT2D eigenvalue weighted by atomic mass is 19.1. The first-order valence-corrected chi connectivity index (χ1v) is 13.9. The Morgan fingerprint density at radius 1 is 1.14 bits per heavy atom. The molecule has 1 aromatic carbocycles. The van der Waals surface area contributed by atoms with E-state index in [0.29, 0.717) is 11.8 Å². The normalized spacial score (nSPS) is 28.3. The van der Waals surface area contributed by atoms with E-state index in [1.54, 1.807) is 12.1 Å². The molecule has 36 heavy (non-hydrogen) atoms. The Hall–Kier alpha value is -2.24. The van der Waals surface area contributed by atoms with E-state index in [2.05, 4.69) is 26.0 Å². The van der Waals surface area contributed by atoms with Gasteiger partial charge < -0.3 is 10.2 Å². The number of benzene rings is 1. The lowest BCUT2D eigenvalue weighted by Crippen LogP contribution is -2.47. The highest BCUT2D eigenvalue weighted by molar-refractivity contribution is 5.37. The lowest BCUT2D eigenvalue weighted by molar-refractivity contribution is -0.0804. The molecule has 0 aliphatic heterocycles. The number of hydrogen-bond donors (Lipinski definition) is 2. The minimum atomic E-state index is -0.711. The fourth-order valence-electron chi connectivity index (χ4n) is 7.20. The van der Waals surface area contributed by atoms with Crippen molar-refractivity contribution in [2.45, 2.75) is 90.1 Å². The molecule has 0 bridgehead atoms. The molecule has 3 aliphatic rings. The van der Waals surface area contributed by atoms with Crippen LogP contribution >= 0.6 is 0 Å². The van der Waals surface area contributed by atoms with Gasteiger partial charge in [-0.3, -0.25) is 0 Å². The summed E-state index contributed by atoms with van der Waals surface area (Å²) in [5, 5.41) is 27.1. The van der Waals surface area contributed by atoms with Gasteiger partial charge in [-0.05, 0) is 117 Å². The Morgan fingerprint density at radius 2 is 1.92 bits per heavy atom. The fourth-order valence-corrected chi connectivity index (χ4v) is 7.20. The standard InChI is InChI=1S/C31H41FN2O2/c1-3-6-29-24(20-33-34(29)27-13-11-26(32)12-14-27)19-30(25-9-10-25)16-5-17-31(30,36)18-15-23-8-4-7-22(2)28(23)21-35/h4,8,11-14,20,22,25,35-36H,3,5-7,9-10,15-19,21H2,1-2H3. The van der Waals surface area contributed by atoms with E-state index in [1.165, 1.54) is 41.8 Å². The van der Waals surface area contributed by atoms with Crippen LogP contribution in [0.25, 0.3) is 5.69 Å². The molecule has 3 unspecified atom stereocenters. The van der Waals surface area contributed by atoms with E-state index in [0.717, 1.165) is 69.0 Å². The number of rotatable bonds is 10. The van der Waals surface area contributed by atoms with Crippen LogP contribution in [0, 0.1) is 23.1 Å². The summed E-state index contributed by atoms with van der Waals surface area (Å²) in [4.78, 5) is 0. The van der Waals surface area contributed by atoms with Crippen LogP contribution in [-0.4, -0.2) is 32.2 Å². The number of aliphatic hydroxyl groups is 2. The van der Waals surface area contributed by atoms with E-state index in [-0.39, 0.29) is 17.8 Å². The summed E-state index contributed by atoms with van der Waals surface area (Å²) < 4.78 is 15.5. The molecule has 5 rings (SSSR count). The van der Waals surface area contributed by atoms with Gasteiger partial charge in [-0.1, -0.05) is 32.4 Å². The minimum Gasteiger partial charge on any atom is -0.392 e. The zero-order valence-corrected chi connectivity index (χ0v) is 21.8. The summed E-state index contributed by atoms with van der Waals surface area (Å²) in [5.41, 5.74) is 4.82. The smallest absolute Gasteiger partial charge is 0.123 e. The molecular weight excluding hydrogens is 451 g/mol. The van der Waals surface area contributed by atoms with Gasteiger partial charge in [-0.2, -0.15) is 5.10 Å². The summed E-state index contributed by atoms with van der Waals surface area (Å²) in [7, 11) is 0. The monoisotopic (exact) mass is 492 g/mol. The van der Waals surface area contributed by atoms with Gasteiger partial charge in [0.05, 0.1) is 24.1 Å². The summed E-state index contributed by atoms with van der Waals surface area (Å²) in [5.74, 6) is 0.685. The number of aromatic nitrogens is 2. The van der Waals surface area contributed by atoms with Crippen molar-refractivity contribution in [2.75, 3.05) is 6.61 Å². The van der Waals surface area contributed by atoms with Crippen LogP contribution in [0.5, 0.6) is 0 Å². The number of nitrogens with zero attached hydrogens (tertiary/aromatic N) is 2. The Balaban J connectivity index is 1.45. The average Bonchev–Trinajstić information content (AvgIpc) is 3.58. The molecular formula is C31H41FN2O2. The molecule has 3 atom stereocenters. The molecule has 0 amide bonds. The van der Waals surface area contributed by atoms with Crippen molar-refractivity contribution in [1.82, 2.24) is 9.78 Å². The van der Waals surface area contributed by atoms with Crippen molar-refractivity contribution >= 4 is 0 Å². The second-order valence-electron chi connectivity index (χ2n) is 11.5. The molecule has 1 aromatic heterocycles. The Morgan fingerprint density at radius 3 is 2.61 bits per heavy atom. The summed E-state index contributed by atoms with van der Waals surface area (Å²) >= 11 is 0. The molecule has 3 aliphatic carbocycles.